The quantitative estimate of drug-likeness (QED) is 0.794. The maximum atomic E-state index is 13.7. The molecule has 2 saturated heterocycles. The standard InChI is InChI=1S/C14H14F2N2O3/c15-9-5-10(16)12(4-7(9)14(20)21)18-13(19)8-3-6-1-2-11(8)17-6/h4-6,8,11,17H,1-3H2,(H,18,19)(H,20,21). The molecule has 7 heteroatoms. The van der Waals surface area contributed by atoms with Gasteiger partial charge in [0.1, 0.15) is 11.6 Å². The average Bonchev–Trinajstić information content (AvgIpc) is 3.03. The molecule has 3 rings (SSSR count). The van der Waals surface area contributed by atoms with Gasteiger partial charge in [0, 0.05) is 18.2 Å². The molecular formula is C14H14F2N2O3. The molecule has 21 heavy (non-hydrogen) atoms. The highest BCUT2D eigenvalue weighted by atomic mass is 19.1. The molecule has 2 aliphatic heterocycles. The molecule has 112 valence electrons. The molecule has 5 nitrogen and oxygen atoms in total. The number of carbonyl (C=O) groups is 2. The van der Waals surface area contributed by atoms with Crippen LogP contribution in [-0.2, 0) is 4.79 Å². The van der Waals surface area contributed by atoms with Gasteiger partial charge in [-0.3, -0.25) is 4.79 Å². The van der Waals surface area contributed by atoms with Crippen LogP contribution in [0.2, 0.25) is 0 Å². The lowest BCUT2D eigenvalue weighted by Gasteiger charge is -2.19. The summed E-state index contributed by atoms with van der Waals surface area (Å²) in [6, 6.07) is 1.68. The summed E-state index contributed by atoms with van der Waals surface area (Å²) in [5.41, 5.74) is -0.973. The topological polar surface area (TPSA) is 78.4 Å². The molecule has 1 aromatic carbocycles. The number of nitrogens with one attached hydrogen (secondary N) is 2. The van der Waals surface area contributed by atoms with Crippen LogP contribution in [0.5, 0.6) is 0 Å². The molecule has 2 fully saturated rings. The number of carboxylic acid groups (broad SMARTS) is 1. The van der Waals surface area contributed by atoms with Crippen molar-refractivity contribution >= 4 is 17.6 Å². The summed E-state index contributed by atoms with van der Waals surface area (Å²) >= 11 is 0. The van der Waals surface area contributed by atoms with Gasteiger partial charge in [0.15, 0.2) is 0 Å². The molecule has 3 unspecified atom stereocenters. The van der Waals surface area contributed by atoms with Gasteiger partial charge in [0.25, 0.3) is 0 Å². The number of carboxylic acids is 1. The van der Waals surface area contributed by atoms with E-state index in [0.29, 0.717) is 18.5 Å². The molecule has 2 bridgehead atoms. The van der Waals surface area contributed by atoms with Crippen LogP contribution in [-0.4, -0.2) is 29.1 Å². The maximum Gasteiger partial charge on any atom is 0.338 e. The SMILES string of the molecule is O=C(O)c1cc(NC(=O)C2CC3CCC2N3)c(F)cc1F. The molecule has 3 N–H and O–H groups in total. The zero-order valence-corrected chi connectivity index (χ0v) is 11.0. The van der Waals surface area contributed by atoms with Gasteiger partial charge in [-0.15, -0.1) is 0 Å². The van der Waals surface area contributed by atoms with Crippen LogP contribution < -0.4 is 10.6 Å². The number of fused-ring (bicyclic) bond motifs is 2. The van der Waals surface area contributed by atoms with E-state index >= 15 is 0 Å². The number of carbonyl (C=O) groups excluding carboxylic acids is 1. The summed E-state index contributed by atoms with van der Waals surface area (Å²) in [6.45, 7) is 0. The number of hydrogen-bond acceptors (Lipinski definition) is 3. The van der Waals surface area contributed by atoms with Crippen molar-refractivity contribution in [2.24, 2.45) is 5.92 Å². The monoisotopic (exact) mass is 296 g/mol. The Morgan fingerprint density at radius 1 is 1.24 bits per heavy atom. The van der Waals surface area contributed by atoms with E-state index in [-0.39, 0.29) is 23.6 Å². The Labute approximate surface area is 119 Å². The third kappa shape index (κ3) is 2.49. The molecule has 0 radical (unpaired) electrons. The lowest BCUT2D eigenvalue weighted by Crippen LogP contribution is -2.33. The van der Waals surface area contributed by atoms with E-state index in [0.717, 1.165) is 18.9 Å². The number of hydrogen-bond donors (Lipinski definition) is 3. The van der Waals surface area contributed by atoms with Crippen molar-refractivity contribution < 1.29 is 23.5 Å². The van der Waals surface area contributed by atoms with Crippen LogP contribution in [0.4, 0.5) is 14.5 Å². The summed E-state index contributed by atoms with van der Waals surface area (Å²) < 4.78 is 27.0. The summed E-state index contributed by atoms with van der Waals surface area (Å²) in [7, 11) is 0. The van der Waals surface area contributed by atoms with Gasteiger partial charge < -0.3 is 15.7 Å². The highest BCUT2D eigenvalue weighted by Crippen LogP contribution is 2.34. The Balaban J connectivity index is 1.80. The van der Waals surface area contributed by atoms with Gasteiger partial charge in [0.05, 0.1) is 17.2 Å². The first kappa shape index (κ1) is 13.9. The van der Waals surface area contributed by atoms with E-state index < -0.39 is 23.2 Å². The fraction of sp³-hybridized carbons (Fsp3) is 0.429. The number of halogens is 2. The first-order valence-corrected chi connectivity index (χ1v) is 6.75. The van der Waals surface area contributed by atoms with E-state index in [1.165, 1.54) is 0 Å². The van der Waals surface area contributed by atoms with Crippen LogP contribution in [0.3, 0.4) is 0 Å². The number of benzene rings is 1. The van der Waals surface area contributed by atoms with Crippen molar-refractivity contribution in [3.8, 4) is 0 Å². The molecule has 2 aliphatic rings. The minimum atomic E-state index is -1.51. The summed E-state index contributed by atoms with van der Waals surface area (Å²) in [6.07, 6.45) is 2.61. The minimum Gasteiger partial charge on any atom is -0.478 e. The summed E-state index contributed by atoms with van der Waals surface area (Å²) in [4.78, 5) is 23.0. The van der Waals surface area contributed by atoms with E-state index in [9.17, 15) is 18.4 Å². The highest BCUT2D eigenvalue weighted by molar-refractivity contribution is 5.95. The summed E-state index contributed by atoms with van der Waals surface area (Å²) in [5.74, 6) is -4.29. The van der Waals surface area contributed by atoms with Gasteiger partial charge in [-0.2, -0.15) is 0 Å². The largest absolute Gasteiger partial charge is 0.478 e. The second-order valence-electron chi connectivity index (χ2n) is 5.50. The highest BCUT2D eigenvalue weighted by Gasteiger charge is 2.42. The van der Waals surface area contributed by atoms with Crippen LogP contribution in [0.15, 0.2) is 12.1 Å². The molecule has 2 heterocycles. The first-order chi connectivity index (χ1) is 9.95. The van der Waals surface area contributed by atoms with Crippen molar-refractivity contribution in [2.75, 3.05) is 5.32 Å². The lowest BCUT2D eigenvalue weighted by atomic mass is 9.88. The van der Waals surface area contributed by atoms with Gasteiger partial charge in [0.2, 0.25) is 5.91 Å². The fourth-order valence-electron chi connectivity index (χ4n) is 3.15. The number of rotatable bonds is 3. The number of anilines is 1. The van der Waals surface area contributed by atoms with Crippen LogP contribution >= 0.6 is 0 Å². The Bertz CT molecular complexity index is 620. The van der Waals surface area contributed by atoms with Gasteiger partial charge in [-0.25, -0.2) is 13.6 Å². The maximum absolute atomic E-state index is 13.7. The normalized spacial score (nSPS) is 26.9. The zero-order valence-electron chi connectivity index (χ0n) is 11.0. The van der Waals surface area contributed by atoms with Crippen LogP contribution in [0.1, 0.15) is 29.6 Å². The fourth-order valence-corrected chi connectivity index (χ4v) is 3.15. The second-order valence-corrected chi connectivity index (χ2v) is 5.50. The van der Waals surface area contributed by atoms with Gasteiger partial charge >= 0.3 is 5.97 Å². The predicted molar refractivity (Wildman–Crippen MR) is 70.0 cm³/mol. The lowest BCUT2D eigenvalue weighted by molar-refractivity contribution is -0.120. The smallest absolute Gasteiger partial charge is 0.338 e. The van der Waals surface area contributed by atoms with Crippen molar-refractivity contribution in [1.82, 2.24) is 5.32 Å². The predicted octanol–water partition coefficient (Wildman–Crippen LogP) is 1.74. The molecule has 0 aliphatic carbocycles. The van der Waals surface area contributed by atoms with Crippen molar-refractivity contribution in [1.29, 1.82) is 0 Å². The van der Waals surface area contributed by atoms with Crippen LogP contribution in [0.25, 0.3) is 0 Å². The Morgan fingerprint density at radius 2 is 2.00 bits per heavy atom. The Hall–Kier alpha value is -2.02. The van der Waals surface area contributed by atoms with Crippen molar-refractivity contribution in [3.05, 3.63) is 29.3 Å². The molecule has 1 aromatic rings. The molecule has 0 aromatic heterocycles. The first-order valence-electron chi connectivity index (χ1n) is 6.75. The van der Waals surface area contributed by atoms with E-state index in [2.05, 4.69) is 10.6 Å². The summed E-state index contributed by atoms with van der Waals surface area (Å²) in [5, 5.41) is 14.5. The van der Waals surface area contributed by atoms with Crippen LogP contribution in [0, 0.1) is 17.6 Å². The van der Waals surface area contributed by atoms with E-state index in [1.807, 2.05) is 0 Å². The van der Waals surface area contributed by atoms with E-state index in [4.69, 9.17) is 5.11 Å². The molecule has 0 saturated carbocycles. The third-order valence-corrected chi connectivity index (χ3v) is 4.18. The molecule has 3 atom stereocenters. The average molecular weight is 296 g/mol. The van der Waals surface area contributed by atoms with E-state index in [1.54, 1.807) is 0 Å². The Kier molecular flexibility index (Phi) is 3.36. The van der Waals surface area contributed by atoms with Crippen molar-refractivity contribution in [3.63, 3.8) is 0 Å². The number of amides is 1. The Morgan fingerprint density at radius 3 is 2.57 bits per heavy atom. The molecule has 1 amide bonds. The van der Waals surface area contributed by atoms with Crippen molar-refractivity contribution in [2.45, 2.75) is 31.3 Å². The molecule has 0 spiro atoms. The minimum absolute atomic E-state index is 0.0810. The van der Waals surface area contributed by atoms with Gasteiger partial charge in [-0.1, -0.05) is 0 Å². The second kappa shape index (κ2) is 5.07. The molecular weight excluding hydrogens is 282 g/mol. The van der Waals surface area contributed by atoms with Gasteiger partial charge in [-0.05, 0) is 25.3 Å². The number of aromatic carboxylic acids is 1. The zero-order chi connectivity index (χ0) is 15.1. The third-order valence-electron chi connectivity index (χ3n) is 4.18.